The number of hydrogen-bond acceptors (Lipinski definition) is 1. The summed E-state index contributed by atoms with van der Waals surface area (Å²) in [5, 5.41) is 2.09. The second-order valence-corrected chi connectivity index (χ2v) is 8.11. The number of aryl methyl sites for hydroxylation is 2. The number of aromatic nitrogens is 1. The molecule has 3 aromatic rings. The third-order valence-corrected chi connectivity index (χ3v) is 5.73. The predicted molar refractivity (Wildman–Crippen MR) is 117 cm³/mol. The minimum absolute atomic E-state index is 0.733. The van der Waals surface area contributed by atoms with E-state index in [1.165, 1.54) is 34.9 Å². The number of nitrogens with one attached hydrogen (secondary N) is 1. The van der Waals surface area contributed by atoms with E-state index in [1.54, 1.807) is 0 Å². The van der Waals surface area contributed by atoms with Gasteiger partial charge in [-0.15, -0.1) is 0 Å². The van der Waals surface area contributed by atoms with Crippen molar-refractivity contribution in [1.29, 1.82) is 0 Å². The average Bonchev–Trinajstić information content (AvgIpc) is 3.01. The summed E-state index contributed by atoms with van der Waals surface area (Å²) >= 11 is 10.1. The number of unbranched alkanes of at least 4 members (excludes halogenated alkanes) is 2. The maximum Gasteiger partial charge on any atom is 0.0512 e. The number of benzene rings is 2. The van der Waals surface area contributed by atoms with Crippen molar-refractivity contribution in [2.75, 3.05) is 6.54 Å². The summed E-state index contributed by atoms with van der Waals surface area (Å²) in [6.45, 7) is 2.97. The first-order chi connectivity index (χ1) is 12.7. The highest BCUT2D eigenvalue weighted by Gasteiger charge is 2.17. The summed E-state index contributed by atoms with van der Waals surface area (Å²) in [4.78, 5) is 3.72. The van der Waals surface area contributed by atoms with E-state index in [-0.39, 0.29) is 0 Å². The fourth-order valence-corrected chi connectivity index (χ4v) is 4.11. The van der Waals surface area contributed by atoms with Crippen LogP contribution in [0.5, 0.6) is 0 Å². The van der Waals surface area contributed by atoms with Gasteiger partial charge in [0.15, 0.2) is 0 Å². The van der Waals surface area contributed by atoms with E-state index < -0.39 is 0 Å². The van der Waals surface area contributed by atoms with E-state index in [0.29, 0.717) is 0 Å². The number of nitrogens with two attached hydrogens (primary N) is 1. The molecule has 0 aliphatic carbocycles. The Morgan fingerprint density at radius 3 is 2.69 bits per heavy atom. The minimum atomic E-state index is 0.733. The van der Waals surface area contributed by atoms with Crippen molar-refractivity contribution >= 4 is 38.4 Å². The van der Waals surface area contributed by atoms with Crippen LogP contribution in [0.1, 0.15) is 43.7 Å². The van der Waals surface area contributed by atoms with E-state index in [4.69, 9.17) is 17.3 Å². The zero-order valence-electron chi connectivity index (χ0n) is 15.2. The molecule has 0 unspecified atom stereocenters. The first-order valence-electron chi connectivity index (χ1n) is 9.43. The van der Waals surface area contributed by atoms with Gasteiger partial charge in [-0.1, -0.05) is 59.1 Å². The number of fused-ring (bicyclic) bond motifs is 1. The van der Waals surface area contributed by atoms with Crippen LogP contribution >= 0.6 is 27.5 Å². The molecular weight excluding hydrogens is 408 g/mol. The number of H-pyrrole nitrogens is 1. The van der Waals surface area contributed by atoms with E-state index in [2.05, 4.69) is 52.1 Å². The number of para-hydroxylation sites is 1. The second-order valence-electron chi connectivity index (χ2n) is 6.79. The summed E-state index contributed by atoms with van der Waals surface area (Å²) in [5.41, 5.74) is 11.9. The Kier molecular flexibility index (Phi) is 6.80. The molecule has 0 saturated heterocycles. The van der Waals surface area contributed by atoms with E-state index in [1.807, 2.05) is 12.1 Å². The van der Waals surface area contributed by atoms with Crippen LogP contribution in [-0.2, 0) is 12.8 Å². The summed E-state index contributed by atoms with van der Waals surface area (Å²) in [6.07, 6.45) is 6.63. The standard InChI is InChI=1S/C22H26BrClN2/c1-2-3-7-15-8-6-10-17-18(9-4-5-13-25)22(26-21(15)17)19-14-16(23)11-12-20(19)24/h6,8,10-12,14,26H,2-5,7,9,13,25H2,1H3. The van der Waals surface area contributed by atoms with Crippen molar-refractivity contribution in [3.8, 4) is 11.3 Å². The fraction of sp³-hybridized carbons (Fsp3) is 0.364. The van der Waals surface area contributed by atoms with Gasteiger partial charge in [0.2, 0.25) is 0 Å². The van der Waals surface area contributed by atoms with Crippen molar-refractivity contribution < 1.29 is 0 Å². The molecule has 26 heavy (non-hydrogen) atoms. The lowest BCUT2D eigenvalue weighted by atomic mass is 9.98. The molecular formula is C22H26BrClN2. The van der Waals surface area contributed by atoms with Gasteiger partial charge in [0.1, 0.15) is 0 Å². The molecule has 3 rings (SSSR count). The average molecular weight is 434 g/mol. The van der Waals surface area contributed by atoms with Crippen molar-refractivity contribution in [2.24, 2.45) is 5.73 Å². The Bertz CT molecular complexity index is 885. The normalized spacial score (nSPS) is 11.4. The zero-order chi connectivity index (χ0) is 18.5. The highest BCUT2D eigenvalue weighted by molar-refractivity contribution is 9.10. The van der Waals surface area contributed by atoms with E-state index in [0.717, 1.165) is 53.0 Å². The minimum Gasteiger partial charge on any atom is -0.354 e. The second kappa shape index (κ2) is 9.07. The molecule has 0 fully saturated rings. The topological polar surface area (TPSA) is 41.8 Å². The summed E-state index contributed by atoms with van der Waals surface area (Å²) in [5.74, 6) is 0. The van der Waals surface area contributed by atoms with Crippen LogP contribution in [0.2, 0.25) is 5.02 Å². The molecule has 0 aliphatic rings. The van der Waals surface area contributed by atoms with Crippen LogP contribution in [0, 0.1) is 0 Å². The smallest absolute Gasteiger partial charge is 0.0512 e. The van der Waals surface area contributed by atoms with E-state index in [9.17, 15) is 0 Å². The largest absolute Gasteiger partial charge is 0.354 e. The van der Waals surface area contributed by atoms with Gasteiger partial charge in [-0.3, -0.25) is 0 Å². The lowest BCUT2D eigenvalue weighted by Crippen LogP contribution is -1.99. The van der Waals surface area contributed by atoms with Crippen molar-refractivity contribution in [3.63, 3.8) is 0 Å². The van der Waals surface area contributed by atoms with Crippen LogP contribution in [-0.4, -0.2) is 11.5 Å². The quantitative estimate of drug-likeness (QED) is 0.374. The third kappa shape index (κ3) is 4.16. The summed E-state index contributed by atoms with van der Waals surface area (Å²) in [6, 6.07) is 12.7. The van der Waals surface area contributed by atoms with Gasteiger partial charge in [-0.2, -0.15) is 0 Å². The Labute approximate surface area is 169 Å². The Hall–Kier alpha value is -1.29. The monoisotopic (exact) mass is 432 g/mol. The molecule has 138 valence electrons. The van der Waals surface area contributed by atoms with Crippen molar-refractivity contribution in [2.45, 2.75) is 45.4 Å². The van der Waals surface area contributed by atoms with Gasteiger partial charge in [0.25, 0.3) is 0 Å². The fourth-order valence-electron chi connectivity index (χ4n) is 3.53. The van der Waals surface area contributed by atoms with Gasteiger partial charge in [-0.25, -0.2) is 0 Å². The van der Waals surface area contributed by atoms with Gasteiger partial charge in [0, 0.05) is 26.0 Å². The van der Waals surface area contributed by atoms with Crippen LogP contribution in [0.25, 0.3) is 22.2 Å². The van der Waals surface area contributed by atoms with E-state index >= 15 is 0 Å². The zero-order valence-corrected chi connectivity index (χ0v) is 17.6. The molecule has 0 spiro atoms. The maximum absolute atomic E-state index is 6.55. The Balaban J connectivity index is 2.16. The molecule has 0 radical (unpaired) electrons. The molecule has 2 aromatic carbocycles. The van der Waals surface area contributed by atoms with Crippen molar-refractivity contribution in [1.82, 2.24) is 4.98 Å². The summed E-state index contributed by atoms with van der Waals surface area (Å²) in [7, 11) is 0. The predicted octanol–water partition coefficient (Wildman–Crippen LogP) is 6.87. The molecule has 1 heterocycles. The molecule has 0 atom stereocenters. The van der Waals surface area contributed by atoms with Gasteiger partial charge >= 0.3 is 0 Å². The van der Waals surface area contributed by atoms with Crippen LogP contribution in [0.3, 0.4) is 0 Å². The third-order valence-electron chi connectivity index (χ3n) is 4.91. The Morgan fingerprint density at radius 2 is 1.92 bits per heavy atom. The molecule has 1 aromatic heterocycles. The number of rotatable bonds is 8. The molecule has 0 amide bonds. The lowest BCUT2D eigenvalue weighted by molar-refractivity contribution is 0.748. The van der Waals surface area contributed by atoms with Crippen LogP contribution in [0.4, 0.5) is 0 Å². The summed E-state index contributed by atoms with van der Waals surface area (Å²) < 4.78 is 1.04. The highest BCUT2D eigenvalue weighted by atomic mass is 79.9. The molecule has 0 bridgehead atoms. The first-order valence-corrected chi connectivity index (χ1v) is 10.6. The van der Waals surface area contributed by atoms with Crippen LogP contribution in [0.15, 0.2) is 40.9 Å². The van der Waals surface area contributed by atoms with Crippen molar-refractivity contribution in [3.05, 3.63) is 57.0 Å². The van der Waals surface area contributed by atoms with Gasteiger partial charge in [0.05, 0.1) is 5.69 Å². The highest BCUT2D eigenvalue weighted by Crippen LogP contribution is 2.37. The van der Waals surface area contributed by atoms with Crippen LogP contribution < -0.4 is 5.73 Å². The number of hydrogen-bond donors (Lipinski definition) is 2. The van der Waals surface area contributed by atoms with Gasteiger partial charge in [-0.05, 0) is 68.0 Å². The molecule has 4 heteroatoms. The van der Waals surface area contributed by atoms with Gasteiger partial charge < -0.3 is 10.7 Å². The SMILES string of the molecule is CCCCc1cccc2c(CCCCN)c(-c3cc(Br)ccc3Cl)[nH]c12. The molecule has 0 aliphatic heterocycles. The lowest BCUT2D eigenvalue weighted by Gasteiger charge is -2.08. The maximum atomic E-state index is 6.55. The molecule has 2 nitrogen and oxygen atoms in total. The number of aromatic amines is 1. The number of halogens is 2. The first kappa shape index (κ1) is 19.5. The molecule has 0 saturated carbocycles. The molecule has 3 N–H and O–H groups in total. The Morgan fingerprint density at radius 1 is 1.08 bits per heavy atom.